The van der Waals surface area contributed by atoms with Crippen molar-refractivity contribution >= 4 is 10.0 Å². The molecule has 0 unspecified atom stereocenters. The second-order valence-corrected chi connectivity index (χ2v) is 8.54. The number of rotatable bonds is 6. The molecule has 1 atom stereocenters. The minimum Gasteiger partial charge on any atom is -0.494 e. The van der Waals surface area contributed by atoms with Gasteiger partial charge in [-0.2, -0.15) is 4.31 Å². The fourth-order valence-corrected chi connectivity index (χ4v) is 4.89. The molecule has 0 aliphatic carbocycles. The summed E-state index contributed by atoms with van der Waals surface area (Å²) in [5, 5.41) is 0. The minimum atomic E-state index is -3.44. The molecule has 0 amide bonds. The van der Waals surface area contributed by atoms with E-state index in [2.05, 4.69) is 31.2 Å². The summed E-state index contributed by atoms with van der Waals surface area (Å²) in [6.45, 7) is 7.39. The number of piperazine rings is 1. The Morgan fingerprint density at radius 1 is 1.04 bits per heavy atom. The largest absolute Gasteiger partial charge is 0.494 e. The standard InChI is InChI=1S/C20H26N2O3S/c1-3-25-19-9-11-20(12-10-19)26(23,24)22-15-13-21(14-16-22)17(2)18-7-5-4-6-8-18/h4-12,17H,3,13-16H2,1-2H3/p+1/t17-/m1/s1. The Morgan fingerprint density at radius 3 is 2.23 bits per heavy atom. The van der Waals surface area contributed by atoms with Gasteiger partial charge in [0, 0.05) is 5.56 Å². The van der Waals surface area contributed by atoms with Crippen LogP contribution in [-0.2, 0) is 10.0 Å². The molecule has 2 aromatic carbocycles. The molecule has 1 heterocycles. The van der Waals surface area contributed by atoms with Gasteiger partial charge in [-0.1, -0.05) is 30.3 Å². The smallest absolute Gasteiger partial charge is 0.243 e. The molecule has 0 bridgehead atoms. The van der Waals surface area contributed by atoms with E-state index in [9.17, 15) is 8.42 Å². The van der Waals surface area contributed by atoms with E-state index in [1.807, 2.05) is 13.0 Å². The molecule has 140 valence electrons. The third kappa shape index (κ3) is 4.09. The van der Waals surface area contributed by atoms with Crippen LogP contribution in [0.2, 0.25) is 0 Å². The van der Waals surface area contributed by atoms with Crippen LogP contribution in [0.15, 0.2) is 59.5 Å². The van der Waals surface area contributed by atoms with Gasteiger partial charge in [0.25, 0.3) is 0 Å². The van der Waals surface area contributed by atoms with Crippen molar-refractivity contribution in [1.82, 2.24) is 4.31 Å². The molecule has 0 saturated carbocycles. The lowest BCUT2D eigenvalue weighted by Gasteiger charge is -2.35. The summed E-state index contributed by atoms with van der Waals surface area (Å²) in [4.78, 5) is 1.76. The van der Waals surface area contributed by atoms with Crippen LogP contribution >= 0.6 is 0 Å². The Kier molecular flexibility index (Phi) is 5.96. The van der Waals surface area contributed by atoms with Gasteiger partial charge in [-0.25, -0.2) is 8.42 Å². The first-order chi connectivity index (χ1) is 12.5. The van der Waals surface area contributed by atoms with Crippen molar-refractivity contribution in [1.29, 1.82) is 0 Å². The molecular weight excluding hydrogens is 348 g/mol. The van der Waals surface area contributed by atoms with E-state index in [1.165, 1.54) is 10.5 Å². The molecule has 1 saturated heterocycles. The molecule has 5 nitrogen and oxygen atoms in total. The lowest BCUT2D eigenvalue weighted by atomic mass is 10.1. The number of hydrogen-bond donors (Lipinski definition) is 1. The maximum atomic E-state index is 12.9. The van der Waals surface area contributed by atoms with Crippen LogP contribution in [0.25, 0.3) is 0 Å². The highest BCUT2D eigenvalue weighted by atomic mass is 32.2. The van der Waals surface area contributed by atoms with E-state index in [0.29, 0.717) is 36.4 Å². The van der Waals surface area contributed by atoms with Gasteiger partial charge in [-0.3, -0.25) is 0 Å². The quantitative estimate of drug-likeness (QED) is 0.837. The summed E-state index contributed by atoms with van der Waals surface area (Å²) in [5.74, 6) is 0.692. The van der Waals surface area contributed by atoms with E-state index in [0.717, 1.165) is 13.1 Å². The zero-order valence-corrected chi connectivity index (χ0v) is 16.2. The van der Waals surface area contributed by atoms with E-state index in [-0.39, 0.29) is 0 Å². The number of quaternary nitrogens is 1. The maximum absolute atomic E-state index is 12.9. The summed E-state index contributed by atoms with van der Waals surface area (Å²) in [6, 6.07) is 17.5. The highest BCUT2D eigenvalue weighted by Crippen LogP contribution is 2.20. The van der Waals surface area contributed by atoms with Crippen molar-refractivity contribution < 1.29 is 18.1 Å². The van der Waals surface area contributed by atoms with Crippen LogP contribution in [0.1, 0.15) is 25.5 Å². The van der Waals surface area contributed by atoms with Crippen molar-refractivity contribution in [3.8, 4) is 5.75 Å². The van der Waals surface area contributed by atoms with E-state index in [4.69, 9.17) is 4.74 Å². The number of nitrogens with one attached hydrogen (secondary N) is 1. The van der Waals surface area contributed by atoms with Gasteiger partial charge in [0.05, 0.1) is 37.7 Å². The Morgan fingerprint density at radius 2 is 1.65 bits per heavy atom. The average molecular weight is 376 g/mol. The second kappa shape index (κ2) is 8.20. The van der Waals surface area contributed by atoms with Gasteiger partial charge >= 0.3 is 0 Å². The number of ether oxygens (including phenoxy) is 1. The predicted octanol–water partition coefficient (Wildman–Crippen LogP) is 1.74. The first-order valence-corrected chi connectivity index (χ1v) is 10.6. The zero-order valence-electron chi connectivity index (χ0n) is 15.4. The first-order valence-electron chi connectivity index (χ1n) is 9.15. The number of nitrogens with zero attached hydrogens (tertiary/aromatic N) is 1. The summed E-state index contributed by atoms with van der Waals surface area (Å²) < 4.78 is 32.7. The zero-order chi connectivity index (χ0) is 18.6. The number of sulfonamides is 1. The van der Waals surface area contributed by atoms with Crippen LogP contribution in [0, 0.1) is 0 Å². The molecule has 26 heavy (non-hydrogen) atoms. The first kappa shape index (κ1) is 18.9. The molecular formula is C20H27N2O3S+. The normalized spacial score (nSPS) is 17.8. The van der Waals surface area contributed by atoms with E-state index < -0.39 is 10.0 Å². The van der Waals surface area contributed by atoms with E-state index >= 15 is 0 Å². The minimum absolute atomic E-state index is 0.334. The van der Waals surface area contributed by atoms with Gasteiger partial charge in [0.1, 0.15) is 11.8 Å². The van der Waals surface area contributed by atoms with Gasteiger partial charge in [0.15, 0.2) is 0 Å². The van der Waals surface area contributed by atoms with Gasteiger partial charge < -0.3 is 9.64 Å². The average Bonchev–Trinajstić information content (AvgIpc) is 2.69. The summed E-state index contributed by atoms with van der Waals surface area (Å²) in [6.07, 6.45) is 0. The third-order valence-electron chi connectivity index (χ3n) is 5.05. The Bertz CT molecular complexity index is 799. The fourth-order valence-electron chi connectivity index (χ4n) is 3.45. The topological polar surface area (TPSA) is 51.1 Å². The third-order valence-corrected chi connectivity index (χ3v) is 6.96. The lowest BCUT2D eigenvalue weighted by molar-refractivity contribution is -0.933. The fraction of sp³-hybridized carbons (Fsp3) is 0.400. The Balaban J connectivity index is 1.65. The molecule has 1 aliphatic rings. The van der Waals surface area contributed by atoms with Crippen LogP contribution < -0.4 is 9.64 Å². The van der Waals surface area contributed by atoms with Gasteiger partial charge in [-0.15, -0.1) is 0 Å². The van der Waals surface area contributed by atoms with Crippen LogP contribution in [0.3, 0.4) is 0 Å². The molecule has 0 aromatic heterocycles. The summed E-state index contributed by atoms with van der Waals surface area (Å²) in [5.41, 5.74) is 1.30. The molecule has 1 N–H and O–H groups in total. The van der Waals surface area contributed by atoms with Crippen molar-refractivity contribution in [2.45, 2.75) is 24.8 Å². The molecule has 1 fully saturated rings. The molecule has 6 heteroatoms. The predicted molar refractivity (Wildman–Crippen MR) is 102 cm³/mol. The second-order valence-electron chi connectivity index (χ2n) is 6.60. The summed E-state index contributed by atoms with van der Waals surface area (Å²) in [7, 11) is -3.44. The van der Waals surface area contributed by atoms with Crippen molar-refractivity contribution in [3.63, 3.8) is 0 Å². The maximum Gasteiger partial charge on any atom is 0.243 e. The molecule has 3 rings (SSSR count). The Labute approximate surface area is 156 Å². The van der Waals surface area contributed by atoms with Crippen LogP contribution in [0.5, 0.6) is 5.75 Å². The van der Waals surface area contributed by atoms with Crippen LogP contribution in [0.4, 0.5) is 0 Å². The van der Waals surface area contributed by atoms with Crippen molar-refractivity contribution in [3.05, 3.63) is 60.2 Å². The van der Waals surface area contributed by atoms with Crippen molar-refractivity contribution in [2.75, 3.05) is 32.8 Å². The van der Waals surface area contributed by atoms with Crippen molar-refractivity contribution in [2.24, 2.45) is 0 Å². The molecule has 0 spiro atoms. The van der Waals surface area contributed by atoms with Gasteiger partial charge in [-0.05, 0) is 38.1 Å². The molecule has 1 aliphatic heterocycles. The highest BCUT2D eigenvalue weighted by Gasteiger charge is 2.32. The molecule has 2 aromatic rings. The number of benzene rings is 2. The number of hydrogen-bond acceptors (Lipinski definition) is 3. The Hall–Kier alpha value is -1.89. The SMILES string of the molecule is CCOc1ccc(S(=O)(=O)N2CC[NH+]([C@H](C)c3ccccc3)CC2)cc1. The van der Waals surface area contributed by atoms with Gasteiger partial charge in [0.2, 0.25) is 10.0 Å². The monoisotopic (exact) mass is 375 g/mol. The van der Waals surface area contributed by atoms with E-state index in [1.54, 1.807) is 28.6 Å². The highest BCUT2D eigenvalue weighted by molar-refractivity contribution is 7.89. The van der Waals surface area contributed by atoms with Crippen LogP contribution in [-0.4, -0.2) is 45.5 Å². The molecule has 0 radical (unpaired) electrons. The lowest BCUT2D eigenvalue weighted by Crippen LogP contribution is -3.14. The summed E-state index contributed by atoms with van der Waals surface area (Å²) >= 11 is 0.